The van der Waals surface area contributed by atoms with E-state index in [1.54, 1.807) is 0 Å². The van der Waals surface area contributed by atoms with Crippen molar-refractivity contribution in [1.29, 1.82) is 0 Å². The smallest absolute Gasteiger partial charge is 0.262 e. The third-order valence-electron chi connectivity index (χ3n) is 6.34. The summed E-state index contributed by atoms with van der Waals surface area (Å²) in [4.78, 5) is 10.8. The van der Waals surface area contributed by atoms with Gasteiger partial charge < -0.3 is 9.42 Å². The summed E-state index contributed by atoms with van der Waals surface area (Å²) in [6.45, 7) is 13.4. The zero-order chi connectivity index (χ0) is 19.7. The van der Waals surface area contributed by atoms with Gasteiger partial charge in [-0.3, -0.25) is 0 Å². The van der Waals surface area contributed by atoms with E-state index in [2.05, 4.69) is 71.9 Å². The van der Waals surface area contributed by atoms with Gasteiger partial charge in [0.15, 0.2) is 0 Å². The summed E-state index contributed by atoms with van der Waals surface area (Å²) >= 11 is 0. The second-order valence-corrected chi connectivity index (χ2v) is 9.27. The first kappa shape index (κ1) is 20.4. The van der Waals surface area contributed by atoms with Crippen molar-refractivity contribution in [1.82, 2.24) is 0 Å². The summed E-state index contributed by atoms with van der Waals surface area (Å²) in [7, 11) is -1.61. The summed E-state index contributed by atoms with van der Waals surface area (Å²) in [6.07, 6.45) is 3.27. The molecule has 0 saturated carbocycles. The predicted molar refractivity (Wildman–Crippen MR) is 117 cm³/mol. The molecule has 27 heavy (non-hydrogen) atoms. The molecule has 3 heteroatoms. The molecule has 1 aliphatic rings. The second kappa shape index (κ2) is 8.33. The van der Waals surface area contributed by atoms with Gasteiger partial charge in [-0.2, -0.15) is 0 Å². The molecule has 0 aliphatic carbocycles. The van der Waals surface area contributed by atoms with Crippen LogP contribution in [0.15, 0.2) is 30.3 Å². The van der Waals surface area contributed by atoms with Gasteiger partial charge in [0.05, 0.1) is 5.30 Å². The average Bonchev–Trinajstić information content (AvgIpc) is 2.71. The molecule has 0 spiro atoms. The SMILES string of the molecule is CCC(C)c1cc2c(c(C(C)CC)c1)OP(O)c1cc(C(C)CC)ccc1-2. The molecule has 0 bridgehead atoms. The normalized spacial score (nSPS) is 18.9. The molecule has 4 atom stereocenters. The molecule has 1 aliphatic heterocycles. The Morgan fingerprint density at radius 3 is 2.07 bits per heavy atom. The minimum atomic E-state index is -1.61. The molecular formula is C24H33O2P. The van der Waals surface area contributed by atoms with Gasteiger partial charge in [0, 0.05) is 5.56 Å². The van der Waals surface area contributed by atoms with Crippen molar-refractivity contribution in [3.63, 3.8) is 0 Å². The first-order chi connectivity index (χ1) is 12.9. The minimum Gasteiger partial charge on any atom is -0.443 e. The van der Waals surface area contributed by atoms with Crippen LogP contribution in [0.25, 0.3) is 11.1 Å². The van der Waals surface area contributed by atoms with Gasteiger partial charge in [-0.25, -0.2) is 0 Å². The van der Waals surface area contributed by atoms with Crippen LogP contribution in [-0.2, 0) is 0 Å². The van der Waals surface area contributed by atoms with E-state index in [0.29, 0.717) is 17.8 Å². The van der Waals surface area contributed by atoms with Crippen molar-refractivity contribution in [2.45, 2.75) is 78.6 Å². The van der Waals surface area contributed by atoms with E-state index >= 15 is 0 Å². The van der Waals surface area contributed by atoms with Gasteiger partial charge in [-0.15, -0.1) is 0 Å². The van der Waals surface area contributed by atoms with Crippen molar-refractivity contribution in [3.05, 3.63) is 47.0 Å². The Bertz CT molecular complexity index is 814. The van der Waals surface area contributed by atoms with Crippen LogP contribution >= 0.6 is 8.38 Å². The summed E-state index contributed by atoms with van der Waals surface area (Å²) in [6, 6.07) is 11.2. The van der Waals surface area contributed by atoms with Crippen LogP contribution < -0.4 is 9.83 Å². The van der Waals surface area contributed by atoms with Crippen LogP contribution in [0.3, 0.4) is 0 Å². The largest absolute Gasteiger partial charge is 0.443 e. The maximum Gasteiger partial charge on any atom is 0.262 e. The first-order valence-corrected chi connectivity index (χ1v) is 11.6. The molecule has 2 aromatic rings. The first-order valence-electron chi connectivity index (χ1n) is 10.4. The monoisotopic (exact) mass is 384 g/mol. The van der Waals surface area contributed by atoms with Gasteiger partial charge in [-0.05, 0) is 71.4 Å². The second-order valence-electron chi connectivity index (χ2n) is 8.06. The summed E-state index contributed by atoms with van der Waals surface area (Å²) in [5, 5.41) is 0.965. The number of hydrogen-bond acceptors (Lipinski definition) is 2. The van der Waals surface area contributed by atoms with Gasteiger partial charge in [0.1, 0.15) is 5.75 Å². The number of fused-ring (bicyclic) bond motifs is 3. The third-order valence-corrected chi connectivity index (χ3v) is 7.48. The standard InChI is InChI=1S/C24H33O2P/c1-7-15(4)18-10-11-20-22-13-19(16(5)8-2)12-21(17(6)9-3)24(22)26-27(25)23(20)14-18/h10-17,25H,7-9H2,1-6H3. The zero-order valence-electron chi connectivity index (χ0n) is 17.5. The highest BCUT2D eigenvalue weighted by Gasteiger charge is 2.30. The Balaban J connectivity index is 2.21. The lowest BCUT2D eigenvalue weighted by Crippen LogP contribution is -2.17. The van der Waals surface area contributed by atoms with Crippen molar-refractivity contribution >= 4 is 13.7 Å². The van der Waals surface area contributed by atoms with E-state index in [1.165, 1.54) is 16.7 Å². The summed E-state index contributed by atoms with van der Waals surface area (Å²) in [5.41, 5.74) is 6.19. The predicted octanol–water partition coefficient (Wildman–Crippen LogP) is 7.22. The summed E-state index contributed by atoms with van der Waals surface area (Å²) in [5.74, 6) is 2.31. The molecule has 0 aromatic heterocycles. The van der Waals surface area contributed by atoms with Gasteiger partial charge >= 0.3 is 0 Å². The molecule has 0 amide bonds. The van der Waals surface area contributed by atoms with E-state index in [9.17, 15) is 4.89 Å². The number of hydrogen-bond donors (Lipinski definition) is 1. The molecule has 146 valence electrons. The Hall–Kier alpha value is -1.37. The fraction of sp³-hybridized carbons (Fsp3) is 0.500. The Morgan fingerprint density at radius 2 is 1.44 bits per heavy atom. The zero-order valence-corrected chi connectivity index (χ0v) is 18.4. The molecule has 0 fully saturated rings. The van der Waals surface area contributed by atoms with Crippen LogP contribution in [-0.4, -0.2) is 4.89 Å². The molecule has 0 saturated heterocycles. The van der Waals surface area contributed by atoms with Crippen molar-refractivity contribution in [3.8, 4) is 16.9 Å². The Kier molecular flexibility index (Phi) is 6.28. The van der Waals surface area contributed by atoms with Crippen LogP contribution in [0.1, 0.15) is 95.2 Å². The van der Waals surface area contributed by atoms with Gasteiger partial charge in [-0.1, -0.05) is 59.7 Å². The van der Waals surface area contributed by atoms with Gasteiger partial charge in [0.2, 0.25) is 0 Å². The van der Waals surface area contributed by atoms with Crippen LogP contribution in [0.4, 0.5) is 0 Å². The highest BCUT2D eigenvalue weighted by molar-refractivity contribution is 7.56. The molecule has 2 nitrogen and oxygen atoms in total. The Morgan fingerprint density at radius 1 is 0.815 bits per heavy atom. The van der Waals surface area contributed by atoms with E-state index in [4.69, 9.17) is 4.52 Å². The van der Waals surface area contributed by atoms with Crippen molar-refractivity contribution < 1.29 is 9.42 Å². The van der Waals surface area contributed by atoms with E-state index in [0.717, 1.165) is 41.4 Å². The molecule has 1 N–H and O–H groups in total. The topological polar surface area (TPSA) is 29.5 Å². The van der Waals surface area contributed by atoms with Crippen molar-refractivity contribution in [2.75, 3.05) is 0 Å². The highest BCUT2D eigenvalue weighted by atomic mass is 31.2. The van der Waals surface area contributed by atoms with Crippen LogP contribution in [0, 0.1) is 0 Å². The fourth-order valence-corrected chi connectivity index (χ4v) is 4.83. The maximum atomic E-state index is 10.8. The summed E-state index contributed by atoms with van der Waals surface area (Å²) < 4.78 is 6.17. The Labute approximate surface area is 165 Å². The van der Waals surface area contributed by atoms with E-state index in [-0.39, 0.29) is 0 Å². The maximum absolute atomic E-state index is 10.8. The third kappa shape index (κ3) is 3.80. The van der Waals surface area contributed by atoms with Crippen LogP contribution in [0.5, 0.6) is 5.75 Å². The molecule has 1 heterocycles. The average molecular weight is 385 g/mol. The lowest BCUT2D eigenvalue weighted by molar-refractivity contribution is 0.489. The fourth-order valence-electron chi connectivity index (χ4n) is 3.70. The molecule has 3 rings (SSSR count). The van der Waals surface area contributed by atoms with Gasteiger partial charge in [0.25, 0.3) is 8.38 Å². The number of benzene rings is 2. The number of rotatable bonds is 6. The molecule has 2 aromatic carbocycles. The molecule has 0 radical (unpaired) electrons. The molecule has 4 unspecified atom stereocenters. The quantitative estimate of drug-likeness (QED) is 0.533. The van der Waals surface area contributed by atoms with Crippen molar-refractivity contribution in [2.24, 2.45) is 0 Å². The van der Waals surface area contributed by atoms with Crippen LogP contribution in [0.2, 0.25) is 0 Å². The highest BCUT2D eigenvalue weighted by Crippen LogP contribution is 2.51. The molecular weight excluding hydrogens is 351 g/mol. The minimum absolute atomic E-state index is 0.409. The lowest BCUT2D eigenvalue weighted by Gasteiger charge is -2.30. The van der Waals surface area contributed by atoms with E-state index < -0.39 is 8.38 Å². The van der Waals surface area contributed by atoms with E-state index in [1.807, 2.05) is 0 Å². The lowest BCUT2D eigenvalue weighted by atomic mass is 9.86.